The monoisotopic (exact) mass is 921 g/mol. The molecule has 0 saturated carbocycles. The van der Waals surface area contributed by atoms with Gasteiger partial charge < -0.3 is 55.6 Å². The number of hydrogen-bond donors (Lipinski definition) is 6. The van der Waals surface area contributed by atoms with Crippen LogP contribution in [0, 0.1) is 0 Å². The average Bonchev–Trinajstić information content (AvgIpc) is 3.52. The van der Waals surface area contributed by atoms with Crippen LogP contribution in [0.25, 0.3) is 0 Å². The Bertz CT molecular complexity index is 1840. The molecule has 0 aromatic carbocycles. The lowest BCUT2D eigenvalue weighted by Crippen LogP contribution is -2.55. The predicted octanol–water partition coefficient (Wildman–Crippen LogP) is 2.53. The second-order valence-electron chi connectivity index (χ2n) is 17.2. The fourth-order valence-corrected chi connectivity index (χ4v) is 8.25. The van der Waals surface area contributed by atoms with E-state index in [1.54, 1.807) is 0 Å². The number of aromatic amines is 1. The van der Waals surface area contributed by atoms with Crippen LogP contribution in [0.4, 0.5) is 0 Å². The minimum Gasteiger partial charge on any atom is -0.456 e. The average molecular weight is 921 g/mol. The molecule has 20 nitrogen and oxygen atoms in total. The SMILES string of the molecule is CCCCCCCCCC(=O)O[C@@H]1[C@H](OC)[C@@H]([C@@H](OC2OC(C(=O)N[C@H]3CCC[C@@H](C)NC3=O)=C[C@H](OC(=O)CCCCCCCCCCN)[C@@H]2O)C(N)=O)O[C@H]1n1ccc(=O)[nH]c1=O. The highest BCUT2D eigenvalue weighted by atomic mass is 16.7. The van der Waals surface area contributed by atoms with Crippen molar-refractivity contribution in [1.29, 1.82) is 0 Å². The van der Waals surface area contributed by atoms with Crippen molar-refractivity contribution >= 4 is 29.7 Å². The van der Waals surface area contributed by atoms with E-state index in [4.69, 9.17) is 39.9 Å². The van der Waals surface area contributed by atoms with Gasteiger partial charge in [-0.05, 0) is 52.0 Å². The van der Waals surface area contributed by atoms with Gasteiger partial charge in [0.15, 0.2) is 36.4 Å². The Kier molecular flexibility index (Phi) is 22.6. The molecular formula is C45H72N6O14. The van der Waals surface area contributed by atoms with Crippen LogP contribution in [0.15, 0.2) is 33.7 Å². The first-order chi connectivity index (χ1) is 31.3. The highest BCUT2D eigenvalue weighted by molar-refractivity contribution is 5.96. The van der Waals surface area contributed by atoms with Gasteiger partial charge in [-0.15, -0.1) is 0 Å². The van der Waals surface area contributed by atoms with Gasteiger partial charge in [0.05, 0.1) is 0 Å². The van der Waals surface area contributed by atoms with Crippen molar-refractivity contribution < 1.29 is 57.5 Å². The summed E-state index contributed by atoms with van der Waals surface area (Å²) in [5, 5.41) is 17.1. The standard InChI is InChI=1S/C45H72N6O14/c1-4-5-6-7-10-13-17-23-34(54)63-39-36(60-3)37(64-43(39)51-26-24-32(52)50-45(51)59)38(40(47)56)65-44-35(55)30(61-33(53)22-16-14-11-8-9-12-15-18-25-46)27-31(62-44)42(58)49-29-21-19-20-28(2)48-41(29)57/h24,26-30,35-39,43-44,55H,4-23,25,46H2,1-3H3,(H2,47,56)(H,48,57)(H,49,58)(H,50,52,59)/t28-,29+,30+,35+,36-,37+,38-,39-,43-,44?/m1/s1. The van der Waals surface area contributed by atoms with E-state index in [9.17, 15) is 38.7 Å². The molecule has 8 N–H and O–H groups in total. The van der Waals surface area contributed by atoms with Crippen molar-refractivity contribution in [2.75, 3.05) is 13.7 Å². The number of amides is 3. The van der Waals surface area contributed by atoms with Gasteiger partial charge in [0.25, 0.3) is 11.5 Å². The number of primary amides is 1. The second-order valence-corrected chi connectivity index (χ2v) is 17.2. The first kappa shape index (κ1) is 53.0. The molecule has 10 atom stereocenters. The zero-order chi connectivity index (χ0) is 47.3. The summed E-state index contributed by atoms with van der Waals surface area (Å²) >= 11 is 0. The summed E-state index contributed by atoms with van der Waals surface area (Å²) in [4.78, 5) is 93.7. The van der Waals surface area contributed by atoms with E-state index < -0.39 is 102 Å². The molecule has 0 aliphatic carbocycles. The maximum Gasteiger partial charge on any atom is 0.330 e. The summed E-state index contributed by atoms with van der Waals surface area (Å²) in [6.07, 6.45) is 5.04. The lowest BCUT2D eigenvalue weighted by Gasteiger charge is -2.36. The molecule has 0 spiro atoms. The van der Waals surface area contributed by atoms with Gasteiger partial charge in [0, 0.05) is 44.3 Å². The largest absolute Gasteiger partial charge is 0.456 e. The van der Waals surface area contributed by atoms with Crippen LogP contribution in [0.3, 0.4) is 0 Å². The number of H-pyrrole nitrogens is 1. The molecule has 0 bridgehead atoms. The summed E-state index contributed by atoms with van der Waals surface area (Å²) in [7, 11) is 1.24. The summed E-state index contributed by atoms with van der Waals surface area (Å²) in [5.41, 5.74) is 9.84. The molecule has 366 valence electrons. The van der Waals surface area contributed by atoms with Crippen molar-refractivity contribution in [1.82, 2.24) is 20.2 Å². The lowest BCUT2D eigenvalue weighted by molar-refractivity contribution is -0.244. The molecule has 1 aromatic rings. The van der Waals surface area contributed by atoms with Crippen molar-refractivity contribution in [2.45, 2.75) is 203 Å². The second kappa shape index (κ2) is 27.8. The number of aliphatic hydroxyl groups excluding tert-OH is 1. The van der Waals surface area contributed by atoms with Crippen LogP contribution in [0.2, 0.25) is 0 Å². The fourth-order valence-electron chi connectivity index (χ4n) is 8.25. The van der Waals surface area contributed by atoms with Crippen molar-refractivity contribution in [3.05, 3.63) is 44.9 Å². The number of ether oxygens (including phenoxy) is 6. The zero-order valence-electron chi connectivity index (χ0n) is 38.2. The van der Waals surface area contributed by atoms with Gasteiger partial charge in [-0.1, -0.05) is 84.0 Å². The Balaban J connectivity index is 1.55. The Morgan fingerprint density at radius 1 is 0.892 bits per heavy atom. The number of nitrogens with one attached hydrogen (secondary N) is 3. The Hall–Kier alpha value is -4.63. The van der Waals surface area contributed by atoms with Crippen LogP contribution >= 0.6 is 0 Å². The van der Waals surface area contributed by atoms with Gasteiger partial charge in [0.1, 0.15) is 18.2 Å². The lowest BCUT2D eigenvalue weighted by atomic mass is 10.0. The summed E-state index contributed by atoms with van der Waals surface area (Å²) in [6.45, 7) is 4.65. The number of methoxy groups -OCH3 is 1. The van der Waals surface area contributed by atoms with E-state index in [1.807, 2.05) is 6.92 Å². The molecule has 3 aliphatic heterocycles. The number of unbranched alkanes of at least 4 members (excludes halogenated alkanes) is 13. The van der Waals surface area contributed by atoms with Gasteiger partial charge >= 0.3 is 17.6 Å². The van der Waals surface area contributed by atoms with Crippen LogP contribution in [-0.4, -0.2) is 113 Å². The molecule has 2 saturated heterocycles. The first-order valence-corrected chi connectivity index (χ1v) is 23.5. The van der Waals surface area contributed by atoms with E-state index in [1.165, 1.54) is 7.11 Å². The fraction of sp³-hybridized carbons (Fsp3) is 0.756. The number of aromatic nitrogens is 2. The van der Waals surface area contributed by atoms with E-state index in [0.29, 0.717) is 38.6 Å². The first-order valence-electron chi connectivity index (χ1n) is 23.5. The minimum absolute atomic E-state index is 0.0124. The molecule has 0 radical (unpaired) electrons. The van der Waals surface area contributed by atoms with E-state index in [0.717, 1.165) is 106 Å². The number of rotatable bonds is 28. The maximum atomic E-state index is 13.8. The molecule has 65 heavy (non-hydrogen) atoms. The normalized spacial score (nSPS) is 26.0. The molecule has 4 heterocycles. The third-order valence-electron chi connectivity index (χ3n) is 11.9. The van der Waals surface area contributed by atoms with Crippen LogP contribution in [-0.2, 0) is 52.4 Å². The molecule has 2 fully saturated rings. The smallest absolute Gasteiger partial charge is 0.330 e. The Labute approximate surface area is 380 Å². The Morgan fingerprint density at radius 2 is 1.51 bits per heavy atom. The summed E-state index contributed by atoms with van der Waals surface area (Å²) in [6, 6.07) is 0.0103. The minimum atomic E-state index is -1.92. The maximum absolute atomic E-state index is 13.8. The number of nitrogens with zero attached hydrogens (tertiary/aromatic N) is 1. The number of carbonyl (C=O) groups is 5. The van der Waals surface area contributed by atoms with Gasteiger partial charge in [-0.2, -0.15) is 0 Å². The summed E-state index contributed by atoms with van der Waals surface area (Å²) in [5.74, 6) is -4.26. The van der Waals surface area contributed by atoms with Crippen LogP contribution in [0.1, 0.15) is 148 Å². The molecular weight excluding hydrogens is 849 g/mol. The van der Waals surface area contributed by atoms with Gasteiger partial charge in [0.2, 0.25) is 18.1 Å². The van der Waals surface area contributed by atoms with Gasteiger partial charge in [-0.25, -0.2) is 4.79 Å². The molecule has 1 aromatic heterocycles. The molecule has 1 unspecified atom stereocenters. The number of aliphatic hydroxyl groups is 1. The van der Waals surface area contributed by atoms with Crippen LogP contribution < -0.4 is 33.3 Å². The van der Waals surface area contributed by atoms with E-state index >= 15 is 0 Å². The number of nitrogens with two attached hydrogens (primary N) is 2. The number of esters is 2. The topological polar surface area (TPSA) is 292 Å². The number of carbonyl (C=O) groups excluding carboxylic acids is 5. The summed E-state index contributed by atoms with van der Waals surface area (Å²) < 4.78 is 36.4. The molecule has 20 heteroatoms. The third-order valence-corrected chi connectivity index (χ3v) is 11.9. The van der Waals surface area contributed by atoms with E-state index in [2.05, 4.69) is 22.5 Å². The quantitative estimate of drug-likeness (QED) is 0.0520. The third kappa shape index (κ3) is 16.6. The Morgan fingerprint density at radius 3 is 2.11 bits per heavy atom. The van der Waals surface area contributed by atoms with Crippen molar-refractivity contribution in [2.24, 2.45) is 11.5 Å². The molecule has 4 rings (SSSR count). The predicted molar refractivity (Wildman–Crippen MR) is 235 cm³/mol. The highest BCUT2D eigenvalue weighted by Crippen LogP contribution is 2.37. The van der Waals surface area contributed by atoms with Crippen molar-refractivity contribution in [3.63, 3.8) is 0 Å². The molecule has 3 aliphatic rings. The van der Waals surface area contributed by atoms with E-state index in [-0.39, 0.29) is 18.9 Å². The highest BCUT2D eigenvalue weighted by Gasteiger charge is 2.55. The number of hydrogen-bond acceptors (Lipinski definition) is 15. The zero-order valence-corrected chi connectivity index (χ0v) is 38.2. The molecule has 3 amide bonds. The van der Waals surface area contributed by atoms with Gasteiger partial charge in [-0.3, -0.25) is 38.3 Å². The van der Waals surface area contributed by atoms with Crippen LogP contribution in [0.5, 0.6) is 0 Å². The van der Waals surface area contributed by atoms with Crippen molar-refractivity contribution in [3.8, 4) is 0 Å².